The van der Waals surface area contributed by atoms with E-state index < -0.39 is 64.6 Å². The van der Waals surface area contributed by atoms with Crippen LogP contribution in [0, 0.1) is 5.92 Å². The van der Waals surface area contributed by atoms with Gasteiger partial charge in [0.25, 0.3) is 0 Å². The molecule has 1 unspecified atom stereocenters. The van der Waals surface area contributed by atoms with Crippen LogP contribution in [-0.4, -0.2) is 78.2 Å². The van der Waals surface area contributed by atoms with Crippen molar-refractivity contribution in [2.45, 2.75) is 62.4 Å². The number of benzene rings is 3. The average molecular weight is 666 g/mol. The minimum Gasteiger partial charge on any atom is -0.440 e. The SMILES string of the molecule is CC(C)CN(C[C@@H](O)[C@H](Cc1ccccc1)NC(O)[C@@H]1CN(c2ccccc2C(F)(F)F)C(=O)O1)S(=O)(=O)c1ccc(CO)cc1. The Kier molecular flexibility index (Phi) is 11.5. The third-order valence-electron chi connectivity index (χ3n) is 7.54. The van der Waals surface area contributed by atoms with Gasteiger partial charge in [-0.1, -0.05) is 68.4 Å². The fraction of sp³-hybridized carbons (Fsp3) is 0.406. The fourth-order valence-electron chi connectivity index (χ4n) is 5.23. The molecule has 0 saturated carbocycles. The van der Waals surface area contributed by atoms with Crippen molar-refractivity contribution in [3.8, 4) is 0 Å². The summed E-state index contributed by atoms with van der Waals surface area (Å²) in [6, 6.07) is 18.2. The van der Waals surface area contributed by atoms with E-state index in [2.05, 4.69) is 5.32 Å². The molecule has 3 aromatic rings. The molecule has 250 valence electrons. The van der Waals surface area contributed by atoms with E-state index in [1.54, 1.807) is 30.3 Å². The van der Waals surface area contributed by atoms with Crippen LogP contribution >= 0.6 is 0 Å². The first-order valence-corrected chi connectivity index (χ1v) is 16.1. The van der Waals surface area contributed by atoms with E-state index in [4.69, 9.17) is 4.74 Å². The summed E-state index contributed by atoms with van der Waals surface area (Å²) in [6.45, 7) is 2.68. The Hall–Kier alpha value is -3.53. The standard InChI is InChI=1S/C32H38F3N3O7S/c1-21(2)17-37(46(43,44)24-14-12-23(20-39)13-15-24)18-28(40)26(16-22-8-4-3-5-9-22)36-30(41)29-19-38(31(42)45-29)27-11-7-6-10-25(27)32(33,34)35/h3-15,21,26,28-30,36,39-41H,16-20H2,1-2H3/t26-,28+,29-,30?/m0/s1. The second-order valence-electron chi connectivity index (χ2n) is 11.5. The number of anilines is 1. The van der Waals surface area contributed by atoms with Gasteiger partial charge >= 0.3 is 12.3 Å². The number of carbonyl (C=O) groups is 1. The molecule has 0 radical (unpaired) electrons. The van der Waals surface area contributed by atoms with Crippen molar-refractivity contribution in [2.24, 2.45) is 5.92 Å². The Morgan fingerprint density at radius 3 is 2.20 bits per heavy atom. The molecule has 10 nitrogen and oxygen atoms in total. The van der Waals surface area contributed by atoms with Crippen LogP contribution in [-0.2, 0) is 34.0 Å². The van der Waals surface area contributed by atoms with Gasteiger partial charge in [-0.25, -0.2) is 13.2 Å². The third kappa shape index (κ3) is 8.63. The van der Waals surface area contributed by atoms with Crippen molar-refractivity contribution < 1.29 is 46.4 Å². The highest BCUT2D eigenvalue weighted by atomic mass is 32.2. The van der Waals surface area contributed by atoms with Crippen molar-refractivity contribution in [2.75, 3.05) is 24.5 Å². The Balaban J connectivity index is 1.56. The minimum absolute atomic E-state index is 0.0257. The van der Waals surface area contributed by atoms with Crippen LogP contribution < -0.4 is 10.2 Å². The highest BCUT2D eigenvalue weighted by molar-refractivity contribution is 7.89. The van der Waals surface area contributed by atoms with Gasteiger partial charge in [-0.15, -0.1) is 0 Å². The number of ether oxygens (including phenoxy) is 1. The average Bonchev–Trinajstić information content (AvgIpc) is 3.41. The number of sulfonamides is 1. The molecule has 1 aliphatic rings. The number of hydrogen-bond acceptors (Lipinski definition) is 8. The van der Waals surface area contributed by atoms with E-state index in [-0.39, 0.29) is 36.9 Å². The van der Waals surface area contributed by atoms with Crippen LogP contribution in [0.25, 0.3) is 0 Å². The predicted octanol–water partition coefficient (Wildman–Crippen LogP) is 3.75. The van der Waals surface area contributed by atoms with Crippen LogP contribution in [0.2, 0.25) is 0 Å². The summed E-state index contributed by atoms with van der Waals surface area (Å²) in [5, 5.41) is 34.8. The summed E-state index contributed by atoms with van der Waals surface area (Å²) in [6.07, 6.45) is -10.0. The lowest BCUT2D eigenvalue weighted by molar-refractivity contribution is -0.137. The number of amides is 1. The molecule has 1 heterocycles. The molecule has 4 N–H and O–H groups in total. The molecule has 4 rings (SSSR count). The lowest BCUT2D eigenvalue weighted by Gasteiger charge is -2.32. The van der Waals surface area contributed by atoms with Crippen LogP contribution in [0.4, 0.5) is 23.7 Å². The zero-order valence-electron chi connectivity index (χ0n) is 25.3. The number of rotatable bonds is 14. The molecular formula is C32H38F3N3O7S. The smallest absolute Gasteiger partial charge is 0.418 e. The molecule has 46 heavy (non-hydrogen) atoms. The van der Waals surface area contributed by atoms with E-state index in [1.165, 1.54) is 36.4 Å². The molecule has 1 amide bonds. The maximum absolute atomic E-state index is 13.7. The maximum Gasteiger partial charge on any atom is 0.418 e. The van der Waals surface area contributed by atoms with E-state index >= 15 is 0 Å². The van der Waals surface area contributed by atoms with Gasteiger partial charge in [0.1, 0.15) is 6.23 Å². The molecule has 0 spiro atoms. The number of nitrogens with one attached hydrogen (secondary N) is 1. The van der Waals surface area contributed by atoms with Gasteiger partial charge in [-0.05, 0) is 47.7 Å². The lowest BCUT2D eigenvalue weighted by Crippen LogP contribution is -2.55. The first kappa shape index (κ1) is 35.3. The van der Waals surface area contributed by atoms with E-state index in [0.29, 0.717) is 5.56 Å². The topological polar surface area (TPSA) is 140 Å². The molecule has 0 bridgehead atoms. The van der Waals surface area contributed by atoms with Gasteiger partial charge in [0.05, 0.1) is 35.4 Å². The molecular weight excluding hydrogens is 627 g/mol. The van der Waals surface area contributed by atoms with E-state index in [9.17, 15) is 41.7 Å². The minimum atomic E-state index is -4.74. The van der Waals surface area contributed by atoms with Crippen molar-refractivity contribution in [1.82, 2.24) is 9.62 Å². The number of cyclic esters (lactones) is 1. The Bertz CT molecular complexity index is 1560. The normalized spacial score (nSPS) is 17.7. The summed E-state index contributed by atoms with van der Waals surface area (Å²) in [7, 11) is -4.09. The van der Waals surface area contributed by atoms with Gasteiger partial charge in [-0.3, -0.25) is 10.2 Å². The molecule has 1 aliphatic heterocycles. The summed E-state index contributed by atoms with van der Waals surface area (Å²) in [5.74, 6) is -0.117. The molecule has 0 aliphatic carbocycles. The second-order valence-corrected chi connectivity index (χ2v) is 13.5. The molecule has 1 fully saturated rings. The van der Waals surface area contributed by atoms with Crippen molar-refractivity contribution in [3.63, 3.8) is 0 Å². The number of para-hydroxylation sites is 1. The Morgan fingerprint density at radius 2 is 1.59 bits per heavy atom. The van der Waals surface area contributed by atoms with Gasteiger partial charge in [0, 0.05) is 19.1 Å². The number of alkyl halides is 3. The number of aliphatic hydroxyl groups is 3. The number of aliphatic hydroxyl groups excluding tert-OH is 3. The van der Waals surface area contributed by atoms with E-state index in [0.717, 1.165) is 26.9 Å². The largest absolute Gasteiger partial charge is 0.440 e. The van der Waals surface area contributed by atoms with Crippen LogP contribution in [0.5, 0.6) is 0 Å². The molecule has 3 aromatic carbocycles. The Labute approximate surface area is 266 Å². The molecule has 0 aromatic heterocycles. The predicted molar refractivity (Wildman–Crippen MR) is 164 cm³/mol. The van der Waals surface area contributed by atoms with Crippen molar-refractivity contribution >= 4 is 21.8 Å². The van der Waals surface area contributed by atoms with Gasteiger partial charge in [0.2, 0.25) is 10.0 Å². The third-order valence-corrected chi connectivity index (χ3v) is 9.38. The van der Waals surface area contributed by atoms with Crippen molar-refractivity contribution in [1.29, 1.82) is 0 Å². The monoisotopic (exact) mass is 665 g/mol. The highest BCUT2D eigenvalue weighted by Gasteiger charge is 2.43. The van der Waals surface area contributed by atoms with Crippen LogP contribution in [0.15, 0.2) is 83.8 Å². The summed E-state index contributed by atoms with van der Waals surface area (Å²) >= 11 is 0. The van der Waals surface area contributed by atoms with Crippen molar-refractivity contribution in [3.05, 3.63) is 95.6 Å². The summed E-state index contributed by atoms with van der Waals surface area (Å²) in [4.78, 5) is 13.4. The van der Waals surface area contributed by atoms with Gasteiger partial charge in [0.15, 0.2) is 6.10 Å². The summed E-state index contributed by atoms with van der Waals surface area (Å²) in [5.41, 5.74) is -0.182. The summed E-state index contributed by atoms with van der Waals surface area (Å²) < 4.78 is 74.6. The van der Waals surface area contributed by atoms with Crippen LogP contribution in [0.1, 0.15) is 30.5 Å². The molecule has 4 atom stereocenters. The lowest BCUT2D eigenvalue weighted by atomic mass is 10.00. The zero-order valence-corrected chi connectivity index (χ0v) is 26.2. The highest BCUT2D eigenvalue weighted by Crippen LogP contribution is 2.38. The second kappa shape index (κ2) is 14.9. The molecule has 14 heteroatoms. The van der Waals surface area contributed by atoms with E-state index in [1.807, 2.05) is 13.8 Å². The maximum atomic E-state index is 13.7. The first-order valence-electron chi connectivity index (χ1n) is 14.7. The van der Waals surface area contributed by atoms with Gasteiger partial charge in [-0.2, -0.15) is 17.5 Å². The fourth-order valence-corrected chi connectivity index (χ4v) is 6.85. The zero-order chi connectivity index (χ0) is 33.6. The number of halogens is 3. The Morgan fingerprint density at radius 1 is 0.957 bits per heavy atom. The number of hydrogen-bond donors (Lipinski definition) is 4. The van der Waals surface area contributed by atoms with Crippen LogP contribution in [0.3, 0.4) is 0 Å². The number of carbonyl (C=O) groups excluding carboxylic acids is 1. The first-order chi connectivity index (χ1) is 21.7. The molecule has 1 saturated heterocycles. The number of nitrogens with zero attached hydrogens (tertiary/aromatic N) is 2. The quantitative estimate of drug-likeness (QED) is 0.191. The van der Waals surface area contributed by atoms with Gasteiger partial charge < -0.3 is 20.1 Å².